The second-order valence-electron chi connectivity index (χ2n) is 3.58. The third-order valence-corrected chi connectivity index (χ3v) is 2.38. The molecule has 2 aromatic rings. The molecule has 1 heterocycles. The molecule has 5 N–H and O–H groups in total. The Morgan fingerprint density at radius 3 is 2.76 bits per heavy atom. The molecule has 0 unspecified atom stereocenters. The lowest BCUT2D eigenvalue weighted by atomic mass is 10.2. The lowest BCUT2D eigenvalue weighted by molar-refractivity contribution is 0.102. The second-order valence-corrected chi connectivity index (χ2v) is 3.58. The first-order valence-corrected chi connectivity index (χ1v) is 4.99. The number of aromatic nitrogens is 2. The minimum Gasteiger partial charge on any atom is -0.507 e. The largest absolute Gasteiger partial charge is 0.507 e. The zero-order valence-corrected chi connectivity index (χ0v) is 9.19. The molecule has 0 radical (unpaired) electrons. The molecule has 0 saturated carbocycles. The van der Waals surface area contributed by atoms with Crippen LogP contribution in [0, 0.1) is 6.92 Å². The molecule has 0 atom stereocenters. The minimum absolute atomic E-state index is 0.0872. The lowest BCUT2D eigenvalue weighted by Crippen LogP contribution is -2.13. The Balaban J connectivity index is 2.23. The summed E-state index contributed by atoms with van der Waals surface area (Å²) in [5.41, 5.74) is 6.93. The number of para-hydroxylation sites is 1. The second kappa shape index (κ2) is 4.17. The van der Waals surface area contributed by atoms with Gasteiger partial charge in [-0.2, -0.15) is 5.10 Å². The van der Waals surface area contributed by atoms with Crippen molar-refractivity contribution >= 4 is 17.4 Å². The van der Waals surface area contributed by atoms with Crippen LogP contribution in [0.1, 0.15) is 16.1 Å². The van der Waals surface area contributed by atoms with Crippen molar-refractivity contribution in [1.82, 2.24) is 10.2 Å². The average molecular weight is 232 g/mol. The number of benzene rings is 1. The van der Waals surface area contributed by atoms with Crippen LogP contribution in [0.2, 0.25) is 0 Å². The van der Waals surface area contributed by atoms with Crippen molar-refractivity contribution in [3.05, 3.63) is 35.5 Å². The number of nitrogens with one attached hydrogen (secondary N) is 2. The summed E-state index contributed by atoms with van der Waals surface area (Å²) >= 11 is 0. The number of aromatic hydroxyl groups is 1. The Labute approximate surface area is 97.5 Å². The standard InChI is InChI=1S/C11H12N4O2/c1-6-9(12)10(15-14-6)13-11(17)7-4-2-3-5-8(7)16/h2-5,16H,12H2,1H3,(H2,13,14,15,17). The third kappa shape index (κ3) is 2.05. The number of nitrogen functional groups attached to an aromatic ring is 1. The van der Waals surface area contributed by atoms with E-state index in [4.69, 9.17) is 5.73 Å². The van der Waals surface area contributed by atoms with E-state index in [1.807, 2.05) is 0 Å². The number of H-pyrrole nitrogens is 1. The smallest absolute Gasteiger partial charge is 0.260 e. The molecular weight excluding hydrogens is 220 g/mol. The number of hydrogen-bond donors (Lipinski definition) is 4. The van der Waals surface area contributed by atoms with E-state index >= 15 is 0 Å². The van der Waals surface area contributed by atoms with Gasteiger partial charge < -0.3 is 16.2 Å². The highest BCUT2D eigenvalue weighted by Crippen LogP contribution is 2.21. The number of aryl methyl sites for hydroxylation is 1. The number of hydrogen-bond acceptors (Lipinski definition) is 4. The van der Waals surface area contributed by atoms with Crippen molar-refractivity contribution in [2.75, 3.05) is 11.1 Å². The van der Waals surface area contributed by atoms with E-state index in [0.717, 1.165) is 0 Å². The van der Waals surface area contributed by atoms with E-state index in [1.165, 1.54) is 12.1 Å². The summed E-state index contributed by atoms with van der Waals surface area (Å²) in [6, 6.07) is 6.25. The van der Waals surface area contributed by atoms with E-state index in [-0.39, 0.29) is 17.1 Å². The number of phenols is 1. The summed E-state index contributed by atoms with van der Waals surface area (Å²) in [7, 11) is 0. The highest BCUT2D eigenvalue weighted by Gasteiger charge is 2.14. The number of amides is 1. The normalized spacial score (nSPS) is 10.2. The zero-order valence-electron chi connectivity index (χ0n) is 9.19. The molecule has 2 rings (SSSR count). The van der Waals surface area contributed by atoms with E-state index in [9.17, 15) is 9.90 Å². The number of rotatable bonds is 2. The molecule has 1 aromatic heterocycles. The fraction of sp³-hybridized carbons (Fsp3) is 0.0909. The van der Waals surface area contributed by atoms with Gasteiger partial charge in [-0.15, -0.1) is 0 Å². The molecule has 0 bridgehead atoms. The molecular formula is C11H12N4O2. The summed E-state index contributed by atoms with van der Waals surface area (Å²) in [5.74, 6) is -0.284. The summed E-state index contributed by atoms with van der Waals surface area (Å²) in [4.78, 5) is 11.8. The monoisotopic (exact) mass is 232 g/mol. The maximum absolute atomic E-state index is 11.8. The highest BCUT2D eigenvalue weighted by molar-refractivity contribution is 6.06. The van der Waals surface area contributed by atoms with Crippen molar-refractivity contribution in [2.45, 2.75) is 6.92 Å². The fourth-order valence-corrected chi connectivity index (χ4v) is 1.37. The van der Waals surface area contributed by atoms with E-state index in [0.29, 0.717) is 11.4 Å². The van der Waals surface area contributed by atoms with Crippen molar-refractivity contribution in [1.29, 1.82) is 0 Å². The van der Waals surface area contributed by atoms with Gasteiger partial charge in [-0.05, 0) is 19.1 Å². The molecule has 17 heavy (non-hydrogen) atoms. The van der Waals surface area contributed by atoms with Crippen molar-refractivity contribution in [2.24, 2.45) is 0 Å². The van der Waals surface area contributed by atoms with Gasteiger partial charge in [0.2, 0.25) is 0 Å². The van der Waals surface area contributed by atoms with Crippen LogP contribution in [0.5, 0.6) is 5.75 Å². The number of carbonyl (C=O) groups excluding carboxylic acids is 1. The molecule has 1 aromatic carbocycles. The summed E-state index contributed by atoms with van der Waals surface area (Å²) in [6.07, 6.45) is 0. The molecule has 1 amide bonds. The van der Waals surface area contributed by atoms with Gasteiger partial charge in [0.1, 0.15) is 5.75 Å². The van der Waals surface area contributed by atoms with Crippen molar-refractivity contribution in [3.8, 4) is 5.75 Å². The van der Waals surface area contributed by atoms with E-state index < -0.39 is 5.91 Å². The number of aromatic amines is 1. The van der Waals surface area contributed by atoms with Crippen molar-refractivity contribution in [3.63, 3.8) is 0 Å². The van der Waals surface area contributed by atoms with Gasteiger partial charge in [0.25, 0.3) is 5.91 Å². The van der Waals surface area contributed by atoms with Gasteiger partial charge >= 0.3 is 0 Å². The number of phenolic OH excluding ortho intramolecular Hbond substituents is 1. The Hall–Kier alpha value is -2.50. The molecule has 0 aliphatic heterocycles. The van der Waals surface area contributed by atoms with Crippen LogP contribution in [-0.4, -0.2) is 21.2 Å². The first-order valence-electron chi connectivity index (χ1n) is 4.99. The summed E-state index contributed by atoms with van der Waals surface area (Å²) in [6.45, 7) is 1.75. The van der Waals surface area contributed by atoms with Gasteiger partial charge in [-0.25, -0.2) is 0 Å². The van der Waals surface area contributed by atoms with Gasteiger partial charge in [0.05, 0.1) is 16.9 Å². The number of nitrogens with two attached hydrogens (primary N) is 1. The highest BCUT2D eigenvalue weighted by atomic mass is 16.3. The van der Waals surface area contributed by atoms with Crippen LogP contribution in [0.3, 0.4) is 0 Å². The predicted octanol–water partition coefficient (Wildman–Crippen LogP) is 1.26. The van der Waals surface area contributed by atoms with Gasteiger partial charge in [0, 0.05) is 0 Å². The van der Waals surface area contributed by atoms with E-state index in [1.54, 1.807) is 19.1 Å². The molecule has 6 nitrogen and oxygen atoms in total. The Morgan fingerprint density at radius 2 is 2.18 bits per heavy atom. The van der Waals surface area contributed by atoms with Gasteiger partial charge in [0.15, 0.2) is 5.82 Å². The molecule has 0 spiro atoms. The first-order chi connectivity index (χ1) is 8.09. The van der Waals surface area contributed by atoms with Gasteiger partial charge in [-0.1, -0.05) is 12.1 Å². The molecule has 6 heteroatoms. The molecule has 0 fully saturated rings. The lowest BCUT2D eigenvalue weighted by Gasteiger charge is -2.04. The molecule has 0 saturated heterocycles. The average Bonchev–Trinajstić information content (AvgIpc) is 2.61. The fourth-order valence-electron chi connectivity index (χ4n) is 1.37. The van der Waals surface area contributed by atoms with E-state index in [2.05, 4.69) is 15.5 Å². The first kappa shape index (κ1) is 11.0. The molecule has 0 aliphatic carbocycles. The Morgan fingerprint density at radius 1 is 1.47 bits per heavy atom. The zero-order chi connectivity index (χ0) is 12.4. The quantitative estimate of drug-likeness (QED) is 0.625. The predicted molar refractivity (Wildman–Crippen MR) is 63.8 cm³/mol. The van der Waals surface area contributed by atoms with Crippen LogP contribution >= 0.6 is 0 Å². The van der Waals surface area contributed by atoms with Crippen molar-refractivity contribution < 1.29 is 9.90 Å². The number of nitrogens with zero attached hydrogens (tertiary/aromatic N) is 1. The molecule has 0 aliphatic rings. The minimum atomic E-state index is -0.457. The summed E-state index contributed by atoms with van der Waals surface area (Å²) < 4.78 is 0. The topological polar surface area (TPSA) is 104 Å². The maximum Gasteiger partial charge on any atom is 0.260 e. The van der Waals surface area contributed by atoms with Crippen LogP contribution in [0.25, 0.3) is 0 Å². The van der Waals surface area contributed by atoms with Gasteiger partial charge in [-0.3, -0.25) is 9.89 Å². The van der Waals surface area contributed by atoms with Crippen LogP contribution < -0.4 is 11.1 Å². The number of anilines is 2. The maximum atomic E-state index is 11.8. The Bertz CT molecular complexity index is 562. The summed E-state index contributed by atoms with van der Waals surface area (Å²) in [5, 5.41) is 18.5. The SMILES string of the molecule is Cc1[nH]nc(NC(=O)c2ccccc2O)c1N. The third-order valence-electron chi connectivity index (χ3n) is 2.38. The number of carbonyl (C=O) groups is 1. The van der Waals surface area contributed by atoms with Crippen LogP contribution in [0.4, 0.5) is 11.5 Å². The van der Waals surface area contributed by atoms with Crippen LogP contribution in [0.15, 0.2) is 24.3 Å². The Kier molecular flexibility index (Phi) is 2.70. The van der Waals surface area contributed by atoms with Crippen LogP contribution in [-0.2, 0) is 0 Å². The molecule has 88 valence electrons.